The Hall–Kier alpha value is -0.970. The van der Waals surface area contributed by atoms with Crippen LogP contribution in [0.3, 0.4) is 0 Å². The lowest BCUT2D eigenvalue weighted by atomic mass is 9.93. The van der Waals surface area contributed by atoms with E-state index in [2.05, 4.69) is 6.07 Å². The van der Waals surface area contributed by atoms with E-state index >= 15 is 0 Å². The summed E-state index contributed by atoms with van der Waals surface area (Å²) < 4.78 is 5.32. The van der Waals surface area contributed by atoms with Crippen LogP contribution in [0.4, 0.5) is 0 Å². The first-order valence-corrected chi connectivity index (χ1v) is 5.00. The van der Waals surface area contributed by atoms with Crippen LogP contribution in [-0.4, -0.2) is 7.11 Å². The van der Waals surface area contributed by atoms with Crippen LogP contribution in [-0.2, 0) is 4.74 Å². The summed E-state index contributed by atoms with van der Waals surface area (Å²) in [4.78, 5) is 0. The minimum Gasteiger partial charge on any atom is -0.501 e. The predicted octanol–water partition coefficient (Wildman–Crippen LogP) is 3.15. The zero-order valence-electron chi connectivity index (χ0n) is 8.31. The van der Waals surface area contributed by atoms with Crippen molar-refractivity contribution in [2.24, 2.45) is 0 Å². The minimum atomic E-state index is 0.576. The highest BCUT2D eigenvalue weighted by Crippen LogP contribution is 2.27. The summed E-state index contributed by atoms with van der Waals surface area (Å²) in [5.41, 5.74) is 1.45. The van der Waals surface area contributed by atoms with Crippen LogP contribution in [0.1, 0.15) is 44.9 Å². The fourth-order valence-electron chi connectivity index (χ4n) is 1.85. The molecule has 1 aliphatic carbocycles. The highest BCUT2D eigenvalue weighted by molar-refractivity contribution is 5.11. The molecule has 13 heavy (non-hydrogen) atoms. The normalized spacial score (nSPS) is 16.5. The van der Waals surface area contributed by atoms with Crippen LogP contribution in [0.5, 0.6) is 0 Å². The third-order valence-corrected chi connectivity index (χ3v) is 2.56. The highest BCUT2D eigenvalue weighted by atomic mass is 16.5. The fourth-order valence-corrected chi connectivity index (χ4v) is 1.85. The van der Waals surface area contributed by atoms with Gasteiger partial charge in [-0.3, -0.25) is 0 Å². The van der Waals surface area contributed by atoms with E-state index in [1.54, 1.807) is 7.11 Å². The van der Waals surface area contributed by atoms with Gasteiger partial charge in [0.1, 0.15) is 0 Å². The zero-order valence-corrected chi connectivity index (χ0v) is 8.31. The summed E-state index contributed by atoms with van der Waals surface area (Å²) in [5.74, 6) is 1.07. The Morgan fingerprint density at radius 3 is 2.62 bits per heavy atom. The summed E-state index contributed by atoms with van der Waals surface area (Å²) in [7, 11) is 1.72. The van der Waals surface area contributed by atoms with Gasteiger partial charge in [0.05, 0.1) is 18.9 Å². The Kier molecular flexibility index (Phi) is 4.39. The van der Waals surface area contributed by atoms with E-state index in [4.69, 9.17) is 10.00 Å². The standard InChI is InChI=1S/C11H17NO/c1-13-11(8-5-9-12)10-6-3-2-4-7-10/h2-8H2,1H3. The molecule has 0 bridgehead atoms. The van der Waals surface area contributed by atoms with Gasteiger partial charge in [0.2, 0.25) is 0 Å². The number of nitrogens with zero attached hydrogens (tertiary/aromatic N) is 1. The molecule has 0 N–H and O–H groups in total. The van der Waals surface area contributed by atoms with Crippen LogP contribution in [0.25, 0.3) is 0 Å². The van der Waals surface area contributed by atoms with Crippen molar-refractivity contribution in [1.29, 1.82) is 5.26 Å². The third-order valence-electron chi connectivity index (χ3n) is 2.56. The average molecular weight is 179 g/mol. The van der Waals surface area contributed by atoms with Crippen molar-refractivity contribution in [3.63, 3.8) is 0 Å². The van der Waals surface area contributed by atoms with Crippen molar-refractivity contribution in [3.8, 4) is 6.07 Å². The van der Waals surface area contributed by atoms with Gasteiger partial charge >= 0.3 is 0 Å². The largest absolute Gasteiger partial charge is 0.501 e. The second-order valence-corrected chi connectivity index (χ2v) is 3.45. The van der Waals surface area contributed by atoms with E-state index in [1.807, 2.05) is 0 Å². The van der Waals surface area contributed by atoms with Crippen molar-refractivity contribution in [2.45, 2.75) is 44.9 Å². The van der Waals surface area contributed by atoms with Crippen LogP contribution in [0.2, 0.25) is 0 Å². The predicted molar refractivity (Wildman–Crippen MR) is 52.0 cm³/mol. The van der Waals surface area contributed by atoms with E-state index in [0.29, 0.717) is 6.42 Å². The summed E-state index contributed by atoms with van der Waals surface area (Å²) in [5, 5.41) is 8.48. The molecule has 0 aromatic heterocycles. The maximum absolute atomic E-state index is 8.48. The molecule has 0 amide bonds. The van der Waals surface area contributed by atoms with Gasteiger partial charge < -0.3 is 4.74 Å². The number of hydrogen-bond donors (Lipinski definition) is 0. The summed E-state index contributed by atoms with van der Waals surface area (Å²) >= 11 is 0. The Morgan fingerprint density at radius 1 is 1.38 bits per heavy atom. The lowest BCUT2D eigenvalue weighted by Crippen LogP contribution is -2.00. The molecule has 72 valence electrons. The Bertz CT molecular complexity index is 217. The lowest BCUT2D eigenvalue weighted by molar-refractivity contribution is 0.267. The molecule has 2 nitrogen and oxygen atoms in total. The molecule has 0 spiro atoms. The maximum Gasteiger partial charge on any atom is 0.0957 e. The SMILES string of the molecule is COC(CCC#N)=C1CCCCC1. The van der Waals surface area contributed by atoms with Gasteiger partial charge in [-0.05, 0) is 31.3 Å². The molecule has 1 saturated carbocycles. The first kappa shape index (κ1) is 10.1. The summed E-state index contributed by atoms with van der Waals surface area (Å²) in [6.45, 7) is 0. The molecule has 0 heterocycles. The lowest BCUT2D eigenvalue weighted by Gasteiger charge is -2.17. The molecule has 1 aliphatic rings. The van der Waals surface area contributed by atoms with E-state index in [9.17, 15) is 0 Å². The number of allylic oxidation sites excluding steroid dienone is 2. The first-order valence-electron chi connectivity index (χ1n) is 5.00. The Morgan fingerprint density at radius 2 is 2.08 bits per heavy atom. The molecular formula is C11H17NO. The van der Waals surface area contributed by atoms with Crippen LogP contribution in [0.15, 0.2) is 11.3 Å². The van der Waals surface area contributed by atoms with Crippen molar-refractivity contribution in [1.82, 2.24) is 0 Å². The van der Waals surface area contributed by atoms with Crippen molar-refractivity contribution < 1.29 is 4.74 Å². The summed E-state index contributed by atoms with van der Waals surface area (Å²) in [6, 6.07) is 2.16. The van der Waals surface area contributed by atoms with Crippen LogP contribution >= 0.6 is 0 Å². The van der Waals surface area contributed by atoms with Gasteiger partial charge in [-0.1, -0.05) is 6.42 Å². The number of rotatable bonds is 3. The molecular weight excluding hydrogens is 162 g/mol. The average Bonchev–Trinajstić information content (AvgIpc) is 2.21. The molecule has 1 fully saturated rings. The number of ether oxygens (including phenoxy) is 1. The molecule has 0 atom stereocenters. The van der Waals surface area contributed by atoms with E-state index in [1.165, 1.54) is 37.7 Å². The van der Waals surface area contributed by atoms with E-state index < -0.39 is 0 Å². The van der Waals surface area contributed by atoms with Crippen LogP contribution < -0.4 is 0 Å². The smallest absolute Gasteiger partial charge is 0.0957 e. The maximum atomic E-state index is 8.48. The second kappa shape index (κ2) is 5.64. The molecule has 0 aliphatic heterocycles. The molecule has 0 aromatic carbocycles. The monoisotopic (exact) mass is 179 g/mol. The topological polar surface area (TPSA) is 33.0 Å². The minimum absolute atomic E-state index is 0.576. The number of methoxy groups -OCH3 is 1. The van der Waals surface area contributed by atoms with Crippen molar-refractivity contribution in [3.05, 3.63) is 11.3 Å². The quantitative estimate of drug-likeness (QED) is 0.623. The van der Waals surface area contributed by atoms with Gasteiger partial charge in [0, 0.05) is 12.8 Å². The molecule has 2 heteroatoms. The van der Waals surface area contributed by atoms with E-state index in [-0.39, 0.29) is 0 Å². The first-order chi connectivity index (χ1) is 6.38. The van der Waals surface area contributed by atoms with E-state index in [0.717, 1.165) is 12.2 Å². The van der Waals surface area contributed by atoms with Gasteiger partial charge in [-0.15, -0.1) is 0 Å². The van der Waals surface area contributed by atoms with Gasteiger partial charge in [-0.2, -0.15) is 5.26 Å². The highest BCUT2D eigenvalue weighted by Gasteiger charge is 2.11. The van der Waals surface area contributed by atoms with Gasteiger partial charge in [0.15, 0.2) is 0 Å². The number of nitriles is 1. The van der Waals surface area contributed by atoms with Gasteiger partial charge in [0.25, 0.3) is 0 Å². The molecule has 1 rings (SSSR count). The van der Waals surface area contributed by atoms with Crippen LogP contribution in [0, 0.1) is 11.3 Å². The fraction of sp³-hybridized carbons (Fsp3) is 0.727. The Balaban J connectivity index is 2.54. The summed E-state index contributed by atoms with van der Waals surface area (Å²) in [6.07, 6.45) is 7.64. The molecule has 0 radical (unpaired) electrons. The molecule has 0 saturated heterocycles. The molecule has 0 unspecified atom stereocenters. The zero-order chi connectivity index (χ0) is 9.52. The van der Waals surface area contributed by atoms with Crippen molar-refractivity contribution >= 4 is 0 Å². The molecule has 0 aromatic rings. The van der Waals surface area contributed by atoms with Crippen molar-refractivity contribution in [2.75, 3.05) is 7.11 Å². The third kappa shape index (κ3) is 3.10. The van der Waals surface area contributed by atoms with Gasteiger partial charge in [-0.25, -0.2) is 0 Å². The second-order valence-electron chi connectivity index (χ2n) is 3.45. The number of hydrogen-bond acceptors (Lipinski definition) is 2. The Labute approximate surface area is 80.2 Å².